The lowest BCUT2D eigenvalue weighted by molar-refractivity contribution is -0.140. The van der Waals surface area contributed by atoms with Gasteiger partial charge in [0.2, 0.25) is 0 Å². The molecule has 0 radical (unpaired) electrons. The first kappa shape index (κ1) is 13.5. The quantitative estimate of drug-likeness (QED) is 0.720. The first-order valence-electron chi connectivity index (χ1n) is 6.31. The second-order valence-corrected chi connectivity index (χ2v) is 4.78. The zero-order valence-corrected chi connectivity index (χ0v) is 10.4. The minimum Gasteiger partial charge on any atom is -0.480 e. The van der Waals surface area contributed by atoms with Crippen molar-refractivity contribution in [2.24, 2.45) is 0 Å². The van der Waals surface area contributed by atoms with Crippen molar-refractivity contribution in [3.63, 3.8) is 0 Å². The average molecular weight is 228 g/mol. The Morgan fingerprint density at radius 2 is 2.12 bits per heavy atom. The van der Waals surface area contributed by atoms with Gasteiger partial charge in [-0.2, -0.15) is 0 Å². The standard InChI is InChI=1S/C12H24N2O2/c1-3-4-5-11(12(15)16)13-10-6-8-14(2)9-7-10/h10-11,13H,3-9H2,1-2H3,(H,15,16). The van der Waals surface area contributed by atoms with E-state index < -0.39 is 5.97 Å². The van der Waals surface area contributed by atoms with Gasteiger partial charge in [-0.1, -0.05) is 19.8 Å². The highest BCUT2D eigenvalue weighted by molar-refractivity contribution is 5.73. The molecule has 0 saturated carbocycles. The van der Waals surface area contributed by atoms with Crippen LogP contribution >= 0.6 is 0 Å². The van der Waals surface area contributed by atoms with Crippen LogP contribution in [0.25, 0.3) is 0 Å². The van der Waals surface area contributed by atoms with Gasteiger partial charge < -0.3 is 15.3 Å². The van der Waals surface area contributed by atoms with Gasteiger partial charge in [0.05, 0.1) is 0 Å². The number of rotatable bonds is 6. The van der Waals surface area contributed by atoms with Gasteiger partial charge in [0.25, 0.3) is 0 Å². The Morgan fingerprint density at radius 3 is 2.62 bits per heavy atom. The van der Waals surface area contributed by atoms with Crippen LogP contribution in [0.2, 0.25) is 0 Å². The van der Waals surface area contributed by atoms with E-state index in [1.165, 1.54) is 0 Å². The van der Waals surface area contributed by atoms with Crippen LogP contribution < -0.4 is 5.32 Å². The molecule has 0 aromatic rings. The summed E-state index contributed by atoms with van der Waals surface area (Å²) in [5, 5.41) is 12.4. The van der Waals surface area contributed by atoms with E-state index in [0.29, 0.717) is 6.04 Å². The monoisotopic (exact) mass is 228 g/mol. The van der Waals surface area contributed by atoms with E-state index in [1.54, 1.807) is 0 Å². The van der Waals surface area contributed by atoms with Gasteiger partial charge >= 0.3 is 5.97 Å². The fourth-order valence-corrected chi connectivity index (χ4v) is 2.15. The second kappa shape index (κ2) is 6.86. The molecule has 0 aromatic carbocycles. The van der Waals surface area contributed by atoms with E-state index in [9.17, 15) is 4.79 Å². The minimum absolute atomic E-state index is 0.353. The lowest BCUT2D eigenvalue weighted by Gasteiger charge is -2.31. The Kier molecular flexibility index (Phi) is 5.77. The third-order valence-electron chi connectivity index (χ3n) is 3.30. The Bertz CT molecular complexity index is 213. The zero-order valence-electron chi connectivity index (χ0n) is 10.4. The molecular weight excluding hydrogens is 204 g/mol. The van der Waals surface area contributed by atoms with Gasteiger partial charge in [0, 0.05) is 6.04 Å². The van der Waals surface area contributed by atoms with Crippen LogP contribution in [0.3, 0.4) is 0 Å². The molecule has 1 aliphatic rings. The summed E-state index contributed by atoms with van der Waals surface area (Å²) in [7, 11) is 2.11. The van der Waals surface area contributed by atoms with Crippen molar-refractivity contribution in [1.29, 1.82) is 0 Å². The van der Waals surface area contributed by atoms with Gasteiger partial charge in [0.15, 0.2) is 0 Å². The minimum atomic E-state index is -0.702. The Hall–Kier alpha value is -0.610. The van der Waals surface area contributed by atoms with Crippen molar-refractivity contribution in [3.05, 3.63) is 0 Å². The molecule has 1 aliphatic heterocycles. The highest BCUT2D eigenvalue weighted by atomic mass is 16.4. The predicted molar refractivity (Wildman–Crippen MR) is 64.6 cm³/mol. The van der Waals surface area contributed by atoms with E-state index in [2.05, 4.69) is 24.2 Å². The summed E-state index contributed by atoms with van der Waals surface area (Å²) < 4.78 is 0. The molecule has 0 amide bonds. The van der Waals surface area contributed by atoms with Crippen LogP contribution in [0.5, 0.6) is 0 Å². The molecule has 2 N–H and O–H groups in total. The van der Waals surface area contributed by atoms with E-state index in [0.717, 1.165) is 45.2 Å². The predicted octanol–water partition coefficient (Wildman–Crippen LogP) is 1.31. The number of nitrogens with zero attached hydrogens (tertiary/aromatic N) is 1. The van der Waals surface area contributed by atoms with Crippen molar-refractivity contribution in [2.75, 3.05) is 20.1 Å². The average Bonchev–Trinajstić information content (AvgIpc) is 2.26. The molecule has 0 aromatic heterocycles. The number of nitrogens with one attached hydrogen (secondary N) is 1. The fourth-order valence-electron chi connectivity index (χ4n) is 2.15. The van der Waals surface area contributed by atoms with E-state index in [-0.39, 0.29) is 6.04 Å². The zero-order chi connectivity index (χ0) is 12.0. The lowest BCUT2D eigenvalue weighted by Crippen LogP contribution is -2.48. The van der Waals surface area contributed by atoms with E-state index in [1.807, 2.05) is 0 Å². The number of carbonyl (C=O) groups is 1. The molecule has 0 spiro atoms. The number of carboxylic acid groups (broad SMARTS) is 1. The SMILES string of the molecule is CCCCC(NC1CCN(C)CC1)C(=O)O. The number of aliphatic carboxylic acids is 1. The van der Waals surface area contributed by atoms with Crippen molar-refractivity contribution < 1.29 is 9.90 Å². The maximum atomic E-state index is 11.1. The maximum Gasteiger partial charge on any atom is 0.320 e. The number of unbranched alkanes of at least 4 members (excludes halogenated alkanes) is 1. The lowest BCUT2D eigenvalue weighted by atomic mass is 10.0. The smallest absolute Gasteiger partial charge is 0.320 e. The number of carboxylic acids is 1. The second-order valence-electron chi connectivity index (χ2n) is 4.78. The summed E-state index contributed by atoms with van der Waals surface area (Å²) in [6.45, 7) is 4.23. The highest BCUT2D eigenvalue weighted by Crippen LogP contribution is 2.11. The van der Waals surface area contributed by atoms with Crippen LogP contribution in [-0.2, 0) is 4.79 Å². The van der Waals surface area contributed by atoms with Crippen LogP contribution in [0.15, 0.2) is 0 Å². The molecule has 1 fully saturated rings. The summed E-state index contributed by atoms with van der Waals surface area (Å²) in [6.07, 6.45) is 4.91. The van der Waals surface area contributed by atoms with Crippen molar-refractivity contribution in [2.45, 2.75) is 51.1 Å². The summed E-state index contributed by atoms with van der Waals surface area (Å²) >= 11 is 0. The number of piperidine rings is 1. The summed E-state index contributed by atoms with van der Waals surface area (Å²) in [5.41, 5.74) is 0. The largest absolute Gasteiger partial charge is 0.480 e. The molecule has 1 atom stereocenters. The van der Waals surface area contributed by atoms with Gasteiger partial charge in [0.1, 0.15) is 6.04 Å². The van der Waals surface area contributed by atoms with E-state index >= 15 is 0 Å². The van der Waals surface area contributed by atoms with Gasteiger partial charge in [-0.25, -0.2) is 0 Å². The van der Waals surface area contributed by atoms with Crippen molar-refractivity contribution in [3.8, 4) is 0 Å². The molecule has 94 valence electrons. The molecular formula is C12H24N2O2. The number of hydrogen-bond donors (Lipinski definition) is 2. The molecule has 0 aliphatic carbocycles. The fraction of sp³-hybridized carbons (Fsp3) is 0.917. The number of likely N-dealkylation sites (tertiary alicyclic amines) is 1. The Balaban J connectivity index is 2.33. The maximum absolute atomic E-state index is 11.1. The molecule has 4 heteroatoms. The molecule has 1 saturated heterocycles. The van der Waals surface area contributed by atoms with Gasteiger partial charge in [-0.05, 0) is 39.4 Å². The Morgan fingerprint density at radius 1 is 1.50 bits per heavy atom. The van der Waals surface area contributed by atoms with E-state index in [4.69, 9.17) is 5.11 Å². The normalized spacial score (nSPS) is 20.9. The third-order valence-corrected chi connectivity index (χ3v) is 3.30. The third kappa shape index (κ3) is 4.49. The van der Waals surface area contributed by atoms with Crippen LogP contribution in [0.1, 0.15) is 39.0 Å². The van der Waals surface area contributed by atoms with Crippen molar-refractivity contribution in [1.82, 2.24) is 10.2 Å². The molecule has 4 nitrogen and oxygen atoms in total. The molecule has 16 heavy (non-hydrogen) atoms. The molecule has 0 bridgehead atoms. The van der Waals surface area contributed by atoms with Crippen LogP contribution in [-0.4, -0.2) is 48.2 Å². The summed E-state index contributed by atoms with van der Waals surface area (Å²) in [5.74, 6) is -0.702. The molecule has 1 heterocycles. The number of hydrogen-bond acceptors (Lipinski definition) is 3. The topological polar surface area (TPSA) is 52.6 Å². The first-order valence-corrected chi connectivity index (χ1v) is 6.31. The summed E-state index contributed by atoms with van der Waals surface area (Å²) in [6, 6.07) is 0.0301. The highest BCUT2D eigenvalue weighted by Gasteiger charge is 2.23. The summed E-state index contributed by atoms with van der Waals surface area (Å²) in [4.78, 5) is 13.4. The van der Waals surface area contributed by atoms with Gasteiger partial charge in [-0.15, -0.1) is 0 Å². The molecule has 1 rings (SSSR count). The van der Waals surface area contributed by atoms with Gasteiger partial charge in [-0.3, -0.25) is 4.79 Å². The van der Waals surface area contributed by atoms with Crippen LogP contribution in [0, 0.1) is 0 Å². The molecule has 1 unspecified atom stereocenters. The Labute approximate surface area is 98.0 Å². The van der Waals surface area contributed by atoms with Crippen molar-refractivity contribution >= 4 is 5.97 Å². The van der Waals surface area contributed by atoms with Crippen LogP contribution in [0.4, 0.5) is 0 Å². The first-order chi connectivity index (χ1) is 7.63.